The van der Waals surface area contributed by atoms with Gasteiger partial charge in [-0.25, -0.2) is 14.0 Å². The van der Waals surface area contributed by atoms with Crippen LogP contribution in [0.3, 0.4) is 0 Å². The molecule has 2 aromatic carbocycles. The fourth-order valence-electron chi connectivity index (χ4n) is 2.64. The number of ether oxygens (including phenoxy) is 2. The molecule has 0 unspecified atom stereocenters. The number of methoxy groups -OCH3 is 1. The molecule has 156 valence electrons. The Morgan fingerprint density at radius 2 is 1.80 bits per heavy atom. The van der Waals surface area contributed by atoms with Gasteiger partial charge in [-0.3, -0.25) is 9.69 Å². The summed E-state index contributed by atoms with van der Waals surface area (Å²) in [5.41, 5.74) is 1.45. The molecule has 0 aromatic heterocycles. The van der Waals surface area contributed by atoms with Gasteiger partial charge < -0.3 is 14.8 Å². The molecule has 1 aliphatic heterocycles. The number of nitrogens with one attached hydrogen (secondary N) is 1. The second-order valence-electron chi connectivity index (χ2n) is 6.18. The van der Waals surface area contributed by atoms with Crippen LogP contribution in [-0.4, -0.2) is 36.5 Å². The van der Waals surface area contributed by atoms with Crippen LogP contribution in [0.15, 0.2) is 42.1 Å². The molecule has 10 heteroatoms. The summed E-state index contributed by atoms with van der Waals surface area (Å²) in [5.74, 6) is -0.822. The zero-order valence-electron chi connectivity index (χ0n) is 15.6. The van der Waals surface area contributed by atoms with Gasteiger partial charge in [0.05, 0.1) is 20.8 Å². The molecule has 1 aliphatic rings. The minimum Gasteiger partial charge on any atom is -0.480 e. The van der Waals surface area contributed by atoms with E-state index in [0.29, 0.717) is 16.9 Å². The molecule has 1 heterocycles. The Bertz CT molecular complexity index is 1020. The Morgan fingerprint density at radius 3 is 2.40 bits per heavy atom. The van der Waals surface area contributed by atoms with E-state index in [1.165, 1.54) is 31.4 Å². The minimum absolute atomic E-state index is 0.0393. The maximum atomic E-state index is 13.1. The highest BCUT2D eigenvalue weighted by atomic mass is 127. The van der Waals surface area contributed by atoms with Crippen molar-refractivity contribution in [2.24, 2.45) is 0 Å². The molecular weight excluding hydrogens is 621 g/mol. The van der Waals surface area contributed by atoms with Gasteiger partial charge in [-0.2, -0.15) is 0 Å². The van der Waals surface area contributed by atoms with Crippen molar-refractivity contribution in [2.75, 3.05) is 13.7 Å². The zero-order valence-corrected chi connectivity index (χ0v) is 19.9. The van der Waals surface area contributed by atoms with Gasteiger partial charge in [-0.15, -0.1) is 0 Å². The number of benzene rings is 2. The van der Waals surface area contributed by atoms with Crippen LogP contribution in [0.4, 0.5) is 9.18 Å². The molecule has 2 aromatic rings. The molecule has 3 amide bonds. The summed E-state index contributed by atoms with van der Waals surface area (Å²) in [6.45, 7) is -0.173. The van der Waals surface area contributed by atoms with E-state index in [1.807, 2.05) is 0 Å². The lowest BCUT2D eigenvalue weighted by Crippen LogP contribution is -2.30. The van der Waals surface area contributed by atoms with Crippen molar-refractivity contribution in [3.63, 3.8) is 0 Å². The molecule has 3 rings (SSSR count). The fraction of sp³-hybridized carbons (Fsp3) is 0.150. The Kier molecular flexibility index (Phi) is 7.28. The third-order valence-corrected chi connectivity index (χ3v) is 5.71. The average Bonchev–Trinajstić information content (AvgIpc) is 2.96. The van der Waals surface area contributed by atoms with Gasteiger partial charge in [0.25, 0.3) is 5.91 Å². The summed E-state index contributed by atoms with van der Waals surface area (Å²) >= 11 is 4.13. The molecule has 0 radical (unpaired) electrons. The minimum atomic E-state index is -0.544. The number of esters is 1. The summed E-state index contributed by atoms with van der Waals surface area (Å²) < 4.78 is 24.6. The van der Waals surface area contributed by atoms with Crippen LogP contribution in [0.5, 0.6) is 5.75 Å². The van der Waals surface area contributed by atoms with E-state index in [-0.39, 0.29) is 24.7 Å². The summed E-state index contributed by atoms with van der Waals surface area (Å²) in [4.78, 5) is 37.2. The first-order valence-electron chi connectivity index (χ1n) is 8.56. The Morgan fingerprint density at radius 1 is 1.17 bits per heavy atom. The van der Waals surface area contributed by atoms with Gasteiger partial charge in [-0.05, 0) is 86.7 Å². The third kappa shape index (κ3) is 5.28. The molecule has 1 N–H and O–H groups in total. The first kappa shape index (κ1) is 22.5. The van der Waals surface area contributed by atoms with Crippen molar-refractivity contribution in [2.45, 2.75) is 6.54 Å². The van der Waals surface area contributed by atoms with Gasteiger partial charge in [0, 0.05) is 0 Å². The maximum Gasteiger partial charge on any atom is 0.343 e. The number of halogens is 3. The van der Waals surface area contributed by atoms with Crippen molar-refractivity contribution in [1.82, 2.24) is 10.2 Å². The number of hydrogen-bond donors (Lipinski definition) is 1. The van der Waals surface area contributed by atoms with Gasteiger partial charge in [-0.1, -0.05) is 12.1 Å². The quantitative estimate of drug-likeness (QED) is 0.227. The lowest BCUT2D eigenvalue weighted by molar-refractivity contribution is -0.143. The highest BCUT2D eigenvalue weighted by Gasteiger charge is 2.33. The third-order valence-electron chi connectivity index (χ3n) is 4.11. The molecule has 1 fully saturated rings. The molecule has 0 spiro atoms. The molecular formula is C20H15FI2N2O5. The van der Waals surface area contributed by atoms with Gasteiger partial charge >= 0.3 is 12.0 Å². The number of carbonyl (C=O) groups excluding carboxylic acids is 3. The van der Waals surface area contributed by atoms with E-state index in [0.717, 1.165) is 12.0 Å². The predicted octanol–water partition coefficient (Wildman–Crippen LogP) is 3.68. The molecule has 30 heavy (non-hydrogen) atoms. The molecule has 7 nitrogen and oxygen atoms in total. The van der Waals surface area contributed by atoms with Crippen LogP contribution < -0.4 is 10.1 Å². The lowest BCUT2D eigenvalue weighted by Gasteiger charge is -2.12. The summed E-state index contributed by atoms with van der Waals surface area (Å²) in [7, 11) is 1.28. The van der Waals surface area contributed by atoms with Crippen LogP contribution in [0, 0.1) is 13.0 Å². The van der Waals surface area contributed by atoms with Gasteiger partial charge in [0.15, 0.2) is 6.61 Å². The molecule has 0 bridgehead atoms. The number of rotatable bonds is 6. The number of nitrogens with zero attached hydrogens (tertiary/aromatic N) is 1. The van der Waals surface area contributed by atoms with Crippen LogP contribution in [0.1, 0.15) is 11.1 Å². The number of imide groups is 1. The number of urea groups is 1. The molecule has 1 saturated heterocycles. The van der Waals surface area contributed by atoms with E-state index < -0.39 is 17.9 Å². The summed E-state index contributed by atoms with van der Waals surface area (Å²) in [5, 5.41) is 2.56. The summed E-state index contributed by atoms with van der Waals surface area (Å²) in [6.07, 6.45) is 1.57. The maximum absolute atomic E-state index is 13.1. The number of carbonyl (C=O) groups is 3. The van der Waals surface area contributed by atoms with E-state index in [2.05, 4.69) is 55.2 Å². The topological polar surface area (TPSA) is 84.9 Å². The van der Waals surface area contributed by atoms with Crippen molar-refractivity contribution in [3.8, 4) is 5.75 Å². The Balaban J connectivity index is 1.78. The predicted molar refractivity (Wildman–Crippen MR) is 123 cm³/mol. The molecule has 0 atom stereocenters. The van der Waals surface area contributed by atoms with Gasteiger partial charge in [0.2, 0.25) is 0 Å². The van der Waals surface area contributed by atoms with Crippen molar-refractivity contribution < 1.29 is 28.2 Å². The Labute approximate surface area is 198 Å². The zero-order chi connectivity index (χ0) is 21.8. The highest BCUT2D eigenvalue weighted by molar-refractivity contribution is 14.1. The normalized spacial score (nSPS) is 14.8. The largest absolute Gasteiger partial charge is 0.480 e. The first-order chi connectivity index (χ1) is 14.3. The number of amides is 3. The SMILES string of the molecule is COC(=O)COc1c(I)cc(/C=C2/NC(=O)N(Cc3ccc(F)cc3)C2=O)cc1I. The second-order valence-corrected chi connectivity index (χ2v) is 8.51. The lowest BCUT2D eigenvalue weighted by atomic mass is 10.1. The van der Waals surface area contributed by atoms with E-state index in [9.17, 15) is 18.8 Å². The van der Waals surface area contributed by atoms with Crippen molar-refractivity contribution in [1.29, 1.82) is 0 Å². The van der Waals surface area contributed by atoms with Crippen molar-refractivity contribution in [3.05, 3.63) is 66.2 Å². The van der Waals surface area contributed by atoms with Crippen LogP contribution in [0.2, 0.25) is 0 Å². The smallest absolute Gasteiger partial charge is 0.343 e. The van der Waals surface area contributed by atoms with Crippen LogP contribution in [-0.2, 0) is 20.9 Å². The number of hydrogen-bond acceptors (Lipinski definition) is 5. The van der Waals surface area contributed by atoms with Crippen LogP contribution in [0.25, 0.3) is 6.08 Å². The Hall–Kier alpha value is -2.22. The van der Waals surface area contributed by atoms with E-state index >= 15 is 0 Å². The van der Waals surface area contributed by atoms with Crippen LogP contribution >= 0.6 is 45.2 Å². The average molecular weight is 636 g/mol. The first-order valence-corrected chi connectivity index (χ1v) is 10.7. The van der Waals surface area contributed by atoms with Crippen molar-refractivity contribution >= 4 is 69.2 Å². The molecule has 0 saturated carbocycles. The monoisotopic (exact) mass is 636 g/mol. The highest BCUT2D eigenvalue weighted by Crippen LogP contribution is 2.30. The molecule has 0 aliphatic carbocycles. The second kappa shape index (κ2) is 9.73. The summed E-state index contributed by atoms with van der Waals surface area (Å²) in [6, 6.07) is 8.59. The van der Waals surface area contributed by atoms with E-state index in [4.69, 9.17) is 4.74 Å². The fourth-order valence-corrected chi connectivity index (χ4v) is 4.77. The standard InChI is InChI=1S/C20H15FI2N2O5/c1-29-17(26)10-30-18-14(22)6-12(7-15(18)23)8-16-19(27)25(20(28)24-16)9-11-2-4-13(21)5-3-11/h2-8H,9-10H2,1H3,(H,24,28)/b16-8+. The van der Waals surface area contributed by atoms with Gasteiger partial charge in [0.1, 0.15) is 17.3 Å². The van der Waals surface area contributed by atoms with E-state index in [1.54, 1.807) is 18.2 Å².